The molecule has 0 fully saturated rings. The Labute approximate surface area is 171 Å². The van der Waals surface area contributed by atoms with Crippen molar-refractivity contribution in [3.05, 3.63) is 41.4 Å². The smallest absolute Gasteiger partial charge is 0.119 e. The van der Waals surface area contributed by atoms with Crippen LogP contribution in [0.25, 0.3) is 21.8 Å². The van der Waals surface area contributed by atoms with E-state index in [1.165, 1.54) is 24.3 Å². The van der Waals surface area contributed by atoms with Crippen LogP contribution in [0.1, 0.15) is 26.7 Å². The van der Waals surface area contributed by atoms with Crippen molar-refractivity contribution in [2.24, 2.45) is 0 Å². The lowest BCUT2D eigenvalue weighted by molar-refractivity contribution is 0.299. The molecule has 3 rings (SSSR count). The van der Waals surface area contributed by atoms with Crippen LogP contribution in [0.15, 0.2) is 41.3 Å². The van der Waals surface area contributed by atoms with Crippen LogP contribution >= 0.6 is 23.4 Å². The number of fused-ring (bicyclic) bond motifs is 2. The van der Waals surface area contributed by atoms with Gasteiger partial charge >= 0.3 is 0 Å². The molecule has 0 N–H and O–H groups in total. The number of pyridine rings is 1. The second-order valence-corrected chi connectivity index (χ2v) is 8.11. The van der Waals surface area contributed by atoms with Crippen molar-refractivity contribution in [1.82, 2.24) is 9.88 Å². The molecule has 0 saturated carbocycles. The highest BCUT2D eigenvalue weighted by molar-refractivity contribution is 7.99. The number of benzene rings is 2. The first kappa shape index (κ1) is 20.2. The number of halogens is 1. The molecule has 27 heavy (non-hydrogen) atoms. The van der Waals surface area contributed by atoms with Crippen molar-refractivity contribution in [1.29, 1.82) is 0 Å². The Hall–Kier alpha value is -1.49. The molecule has 3 nitrogen and oxygen atoms in total. The molecule has 0 unspecified atom stereocenters. The minimum atomic E-state index is 0.720. The molecule has 5 heteroatoms. The van der Waals surface area contributed by atoms with E-state index in [4.69, 9.17) is 21.3 Å². The monoisotopic (exact) mass is 402 g/mol. The van der Waals surface area contributed by atoms with Crippen molar-refractivity contribution in [2.45, 2.75) is 31.6 Å². The number of unbranched alkanes of at least 4 members (excludes halogenated alkanes) is 1. The number of ether oxygens (including phenoxy) is 1. The third-order valence-corrected chi connectivity index (χ3v) is 6.36. The lowest BCUT2D eigenvalue weighted by Crippen LogP contribution is -2.23. The van der Waals surface area contributed by atoms with Gasteiger partial charge in [0.2, 0.25) is 0 Å². The molecular formula is C22H27ClN2OS. The first-order valence-corrected chi connectivity index (χ1v) is 10.9. The van der Waals surface area contributed by atoms with Gasteiger partial charge in [-0.15, -0.1) is 11.8 Å². The van der Waals surface area contributed by atoms with Crippen LogP contribution in [0.3, 0.4) is 0 Å². The standard InChI is InChI=1S/C22H27ClN2OS/c1-4-25(5-2)12-6-7-13-27-22-18-10-8-16(23)14-21(18)24-20-11-9-17(26-3)15-19(20)22/h8-11,14-15H,4-7,12-13H2,1-3H3. The summed E-state index contributed by atoms with van der Waals surface area (Å²) in [6, 6.07) is 12.1. The fourth-order valence-corrected chi connectivity index (χ4v) is 4.66. The van der Waals surface area contributed by atoms with Gasteiger partial charge in [-0.1, -0.05) is 31.5 Å². The molecule has 0 aliphatic carbocycles. The molecule has 0 aliphatic heterocycles. The van der Waals surface area contributed by atoms with Crippen LogP contribution in [0.5, 0.6) is 5.75 Å². The Bertz CT molecular complexity index is 912. The molecule has 0 saturated heterocycles. The van der Waals surface area contributed by atoms with Gasteiger partial charge in [0.15, 0.2) is 0 Å². The summed E-state index contributed by atoms with van der Waals surface area (Å²) in [5.74, 6) is 1.95. The second kappa shape index (κ2) is 9.63. The Morgan fingerprint density at radius 2 is 1.81 bits per heavy atom. The second-order valence-electron chi connectivity index (χ2n) is 6.57. The largest absolute Gasteiger partial charge is 0.497 e. The van der Waals surface area contributed by atoms with Crippen LogP contribution in [-0.2, 0) is 0 Å². The molecule has 0 spiro atoms. The fourth-order valence-electron chi connectivity index (χ4n) is 3.29. The van der Waals surface area contributed by atoms with Crippen LogP contribution < -0.4 is 4.74 Å². The molecule has 2 aromatic carbocycles. The van der Waals surface area contributed by atoms with Gasteiger partial charge in [0.25, 0.3) is 0 Å². The average Bonchev–Trinajstić information content (AvgIpc) is 2.69. The maximum Gasteiger partial charge on any atom is 0.119 e. The normalized spacial score (nSPS) is 11.6. The molecule has 0 aliphatic rings. The van der Waals surface area contributed by atoms with E-state index in [2.05, 4.69) is 30.9 Å². The molecular weight excluding hydrogens is 376 g/mol. The highest BCUT2D eigenvalue weighted by Crippen LogP contribution is 2.37. The minimum absolute atomic E-state index is 0.720. The number of hydrogen-bond donors (Lipinski definition) is 0. The van der Waals surface area contributed by atoms with Gasteiger partial charge in [0.05, 0.1) is 18.1 Å². The molecule has 0 bridgehead atoms. The first-order chi connectivity index (χ1) is 13.2. The van der Waals surface area contributed by atoms with Crippen molar-refractivity contribution in [3.8, 4) is 5.75 Å². The molecule has 3 aromatic rings. The summed E-state index contributed by atoms with van der Waals surface area (Å²) in [5.41, 5.74) is 1.93. The van der Waals surface area contributed by atoms with Gasteiger partial charge in [-0.05, 0) is 68.6 Å². The number of nitrogens with zero attached hydrogens (tertiary/aromatic N) is 2. The Kier molecular flexibility index (Phi) is 7.22. The number of hydrogen-bond acceptors (Lipinski definition) is 4. The lowest BCUT2D eigenvalue weighted by Gasteiger charge is -2.17. The lowest BCUT2D eigenvalue weighted by atomic mass is 10.1. The number of rotatable bonds is 9. The Morgan fingerprint density at radius 3 is 2.56 bits per heavy atom. The van der Waals surface area contributed by atoms with Gasteiger partial charge < -0.3 is 9.64 Å². The average molecular weight is 403 g/mol. The van der Waals surface area contributed by atoms with Gasteiger partial charge in [-0.3, -0.25) is 0 Å². The SMILES string of the molecule is CCN(CC)CCCCSc1c2ccc(Cl)cc2nc2ccc(OC)cc12. The van der Waals surface area contributed by atoms with Crippen LogP contribution in [0.4, 0.5) is 0 Å². The molecule has 1 heterocycles. The zero-order chi connectivity index (χ0) is 19.2. The predicted molar refractivity (Wildman–Crippen MR) is 119 cm³/mol. The maximum atomic E-state index is 6.20. The first-order valence-electron chi connectivity index (χ1n) is 9.58. The summed E-state index contributed by atoms with van der Waals surface area (Å²) in [4.78, 5) is 8.56. The maximum absolute atomic E-state index is 6.20. The summed E-state index contributed by atoms with van der Waals surface area (Å²) in [6.07, 6.45) is 2.43. The molecule has 0 radical (unpaired) electrons. The van der Waals surface area contributed by atoms with E-state index in [0.717, 1.165) is 51.4 Å². The van der Waals surface area contributed by atoms with Crippen molar-refractivity contribution in [3.63, 3.8) is 0 Å². The van der Waals surface area contributed by atoms with Crippen LogP contribution in [-0.4, -0.2) is 42.4 Å². The van der Waals surface area contributed by atoms with E-state index in [1.54, 1.807) is 7.11 Å². The Morgan fingerprint density at radius 1 is 1.00 bits per heavy atom. The van der Waals surface area contributed by atoms with E-state index < -0.39 is 0 Å². The van der Waals surface area contributed by atoms with Crippen LogP contribution in [0, 0.1) is 0 Å². The fraction of sp³-hybridized carbons (Fsp3) is 0.409. The Balaban J connectivity index is 1.86. The van der Waals surface area contributed by atoms with E-state index in [0.29, 0.717) is 0 Å². The summed E-state index contributed by atoms with van der Waals surface area (Å²) in [5, 5.41) is 3.03. The highest BCUT2D eigenvalue weighted by atomic mass is 35.5. The third-order valence-electron chi connectivity index (χ3n) is 4.90. The summed E-state index contributed by atoms with van der Waals surface area (Å²) < 4.78 is 5.44. The summed E-state index contributed by atoms with van der Waals surface area (Å²) in [7, 11) is 1.70. The van der Waals surface area contributed by atoms with Gasteiger partial charge in [0, 0.05) is 20.7 Å². The van der Waals surface area contributed by atoms with Crippen molar-refractivity contribution >= 4 is 45.2 Å². The van der Waals surface area contributed by atoms with Gasteiger partial charge in [0.1, 0.15) is 5.75 Å². The van der Waals surface area contributed by atoms with Gasteiger partial charge in [-0.25, -0.2) is 4.98 Å². The van der Waals surface area contributed by atoms with Crippen molar-refractivity contribution in [2.75, 3.05) is 32.5 Å². The number of methoxy groups -OCH3 is 1. The van der Waals surface area contributed by atoms with Gasteiger partial charge in [-0.2, -0.15) is 0 Å². The highest BCUT2D eigenvalue weighted by Gasteiger charge is 2.11. The number of thioether (sulfide) groups is 1. The van der Waals surface area contributed by atoms with E-state index in [-0.39, 0.29) is 0 Å². The zero-order valence-electron chi connectivity index (χ0n) is 16.3. The third kappa shape index (κ3) is 4.87. The summed E-state index contributed by atoms with van der Waals surface area (Å²) >= 11 is 8.12. The quantitative estimate of drug-likeness (QED) is 0.239. The van der Waals surface area contributed by atoms with E-state index >= 15 is 0 Å². The minimum Gasteiger partial charge on any atom is -0.497 e. The molecule has 0 amide bonds. The molecule has 144 valence electrons. The van der Waals surface area contributed by atoms with Crippen LogP contribution in [0.2, 0.25) is 5.02 Å². The van der Waals surface area contributed by atoms with E-state index in [1.807, 2.05) is 36.0 Å². The molecule has 1 aromatic heterocycles. The summed E-state index contributed by atoms with van der Waals surface area (Å²) in [6.45, 7) is 7.89. The van der Waals surface area contributed by atoms with E-state index in [9.17, 15) is 0 Å². The van der Waals surface area contributed by atoms with Crippen molar-refractivity contribution < 1.29 is 4.74 Å². The number of aromatic nitrogens is 1. The topological polar surface area (TPSA) is 25.4 Å². The zero-order valence-corrected chi connectivity index (χ0v) is 17.9. The molecule has 0 atom stereocenters. The predicted octanol–water partition coefficient (Wildman–Crippen LogP) is 6.26.